The van der Waals surface area contributed by atoms with Gasteiger partial charge < -0.3 is 11.1 Å². The summed E-state index contributed by atoms with van der Waals surface area (Å²) < 4.78 is 0. The average molecular weight is 264 g/mol. The van der Waals surface area contributed by atoms with Crippen LogP contribution in [-0.2, 0) is 0 Å². The molecule has 0 saturated heterocycles. The van der Waals surface area contributed by atoms with Crippen molar-refractivity contribution >= 4 is 17.2 Å². The van der Waals surface area contributed by atoms with Gasteiger partial charge in [-0.2, -0.15) is 0 Å². The maximum atomic E-state index is 12.1. The highest BCUT2D eigenvalue weighted by atomic mass is 32.1. The van der Waals surface area contributed by atoms with E-state index in [2.05, 4.69) is 37.9 Å². The molecule has 1 amide bonds. The smallest absolute Gasteiger partial charge is 0.262 e. The van der Waals surface area contributed by atoms with Gasteiger partial charge in [0.25, 0.3) is 5.91 Å². The zero-order valence-corrected chi connectivity index (χ0v) is 12.0. The summed E-state index contributed by atoms with van der Waals surface area (Å²) in [5, 5.41) is 4.84. The Balaban J connectivity index is 2.71. The lowest BCUT2D eigenvalue weighted by molar-refractivity contribution is 0.0939. The zero-order valence-electron chi connectivity index (χ0n) is 11.2. The van der Waals surface area contributed by atoms with Crippen molar-refractivity contribution in [1.82, 2.24) is 5.32 Å². The van der Waals surface area contributed by atoms with E-state index in [0.29, 0.717) is 18.0 Å². The van der Waals surface area contributed by atoms with Crippen molar-refractivity contribution in [3.05, 3.63) is 21.9 Å². The van der Waals surface area contributed by atoms with Crippen LogP contribution in [0.25, 0.3) is 0 Å². The van der Waals surface area contributed by atoms with Crippen LogP contribution >= 0.6 is 11.3 Å². The number of carbonyl (C=O) groups is 1. The second-order valence-electron chi connectivity index (χ2n) is 4.87. The van der Waals surface area contributed by atoms with Crippen LogP contribution in [0.5, 0.6) is 0 Å². The van der Waals surface area contributed by atoms with Crippen LogP contribution < -0.4 is 11.1 Å². The third-order valence-electron chi connectivity index (χ3n) is 2.88. The highest BCUT2D eigenvalue weighted by molar-refractivity contribution is 7.12. The number of nitrogens with one attached hydrogen (secondary N) is 1. The molecule has 3 N–H and O–H groups in total. The van der Waals surface area contributed by atoms with Crippen LogP contribution in [0.15, 0.2) is 11.4 Å². The minimum atomic E-state index is -0.0483. The summed E-state index contributed by atoms with van der Waals surface area (Å²) >= 11 is 1.41. The van der Waals surface area contributed by atoms with E-state index in [0.717, 1.165) is 12.0 Å². The van der Waals surface area contributed by atoms with E-state index >= 15 is 0 Å². The molecule has 1 rings (SSSR count). The van der Waals surface area contributed by atoms with Gasteiger partial charge in [0.15, 0.2) is 0 Å². The molecule has 0 radical (unpaired) electrons. The molecule has 1 aromatic rings. The first kappa shape index (κ1) is 14.7. The van der Waals surface area contributed by atoms with E-state index in [9.17, 15) is 4.79 Å². The molecular weight excluding hydrogens is 244 g/mol. The topological polar surface area (TPSA) is 55.1 Å². The molecule has 1 aromatic heterocycles. The first-order valence-electron chi connectivity index (χ1n) is 6.05. The Morgan fingerprint density at radius 2 is 2.28 bits per heavy atom. The molecule has 0 unspecified atom stereocenters. The van der Waals surface area contributed by atoms with Crippen molar-refractivity contribution in [2.45, 2.75) is 27.2 Å². The second kappa shape index (κ2) is 6.58. The number of rotatable bonds is 4. The van der Waals surface area contributed by atoms with Crippen molar-refractivity contribution in [3.8, 4) is 11.8 Å². The lowest BCUT2D eigenvalue weighted by Crippen LogP contribution is -2.33. The minimum Gasteiger partial charge on any atom is -0.351 e. The molecule has 98 valence electrons. The van der Waals surface area contributed by atoms with Crippen LogP contribution in [-0.4, -0.2) is 19.0 Å². The molecule has 4 heteroatoms. The normalized spacial score (nSPS) is 10.7. The molecule has 0 atom stereocenters. The largest absolute Gasteiger partial charge is 0.351 e. The summed E-state index contributed by atoms with van der Waals surface area (Å²) in [6.07, 6.45) is 1.03. The summed E-state index contributed by atoms with van der Waals surface area (Å²) in [6, 6.07) is 1.85. The predicted molar refractivity (Wildman–Crippen MR) is 76.7 cm³/mol. The zero-order chi connectivity index (χ0) is 13.6. The monoisotopic (exact) mass is 264 g/mol. The summed E-state index contributed by atoms with van der Waals surface area (Å²) in [5.41, 5.74) is 6.22. The molecular formula is C14H20N2OS. The van der Waals surface area contributed by atoms with Gasteiger partial charge in [-0.05, 0) is 23.3 Å². The van der Waals surface area contributed by atoms with Gasteiger partial charge in [-0.1, -0.05) is 32.6 Å². The number of hydrogen-bond donors (Lipinski definition) is 2. The van der Waals surface area contributed by atoms with Gasteiger partial charge in [-0.25, -0.2) is 0 Å². The first-order valence-corrected chi connectivity index (χ1v) is 6.93. The van der Waals surface area contributed by atoms with E-state index < -0.39 is 0 Å². The summed E-state index contributed by atoms with van der Waals surface area (Å²) in [4.78, 5) is 12.7. The van der Waals surface area contributed by atoms with Gasteiger partial charge in [-0.3, -0.25) is 4.79 Å². The maximum Gasteiger partial charge on any atom is 0.262 e. The molecule has 0 saturated carbocycles. The molecule has 0 aliphatic carbocycles. The SMILES string of the molecule is CCC(C)(C)CNC(=O)c1sccc1C#CCN. The van der Waals surface area contributed by atoms with E-state index in [4.69, 9.17) is 5.73 Å². The predicted octanol–water partition coefficient (Wildman–Crippen LogP) is 2.22. The number of amides is 1. The molecule has 3 nitrogen and oxygen atoms in total. The number of nitrogens with two attached hydrogens (primary N) is 1. The lowest BCUT2D eigenvalue weighted by atomic mass is 9.90. The number of hydrogen-bond acceptors (Lipinski definition) is 3. The fourth-order valence-corrected chi connectivity index (χ4v) is 2.02. The van der Waals surface area contributed by atoms with Crippen molar-refractivity contribution in [2.24, 2.45) is 11.1 Å². The quantitative estimate of drug-likeness (QED) is 0.819. The van der Waals surface area contributed by atoms with Gasteiger partial charge in [0.2, 0.25) is 0 Å². The molecule has 0 spiro atoms. The molecule has 0 aliphatic heterocycles. The Morgan fingerprint density at radius 3 is 2.89 bits per heavy atom. The standard InChI is InChI=1S/C14H20N2OS/c1-4-14(2,3)10-16-13(17)12-11(6-5-8-15)7-9-18-12/h7,9H,4,8,10,15H2,1-3H3,(H,16,17). The van der Waals surface area contributed by atoms with Gasteiger partial charge in [0, 0.05) is 12.1 Å². The van der Waals surface area contributed by atoms with E-state index in [1.165, 1.54) is 11.3 Å². The Morgan fingerprint density at radius 1 is 1.56 bits per heavy atom. The van der Waals surface area contributed by atoms with Crippen molar-refractivity contribution < 1.29 is 4.79 Å². The first-order chi connectivity index (χ1) is 8.50. The van der Waals surface area contributed by atoms with Crippen molar-refractivity contribution in [2.75, 3.05) is 13.1 Å². The molecule has 0 aromatic carbocycles. The van der Waals surface area contributed by atoms with E-state index in [1.807, 2.05) is 11.4 Å². The van der Waals surface area contributed by atoms with Crippen LogP contribution in [0.4, 0.5) is 0 Å². The lowest BCUT2D eigenvalue weighted by Gasteiger charge is -2.22. The maximum absolute atomic E-state index is 12.1. The van der Waals surface area contributed by atoms with Gasteiger partial charge >= 0.3 is 0 Å². The Labute approximate surface area is 113 Å². The van der Waals surface area contributed by atoms with Crippen molar-refractivity contribution in [1.29, 1.82) is 0 Å². The average Bonchev–Trinajstić information content (AvgIpc) is 2.82. The third kappa shape index (κ3) is 4.17. The third-order valence-corrected chi connectivity index (χ3v) is 3.79. The second-order valence-corrected chi connectivity index (χ2v) is 5.79. The Kier molecular flexibility index (Phi) is 5.39. The fraction of sp³-hybridized carbons (Fsp3) is 0.500. The highest BCUT2D eigenvalue weighted by Gasteiger charge is 2.18. The molecule has 18 heavy (non-hydrogen) atoms. The number of thiophene rings is 1. The Hall–Kier alpha value is -1.31. The highest BCUT2D eigenvalue weighted by Crippen LogP contribution is 2.19. The molecule has 0 bridgehead atoms. The van der Waals surface area contributed by atoms with Crippen molar-refractivity contribution in [3.63, 3.8) is 0 Å². The van der Waals surface area contributed by atoms with Gasteiger partial charge in [0.1, 0.15) is 4.88 Å². The van der Waals surface area contributed by atoms with Crippen LogP contribution in [0.2, 0.25) is 0 Å². The molecule has 1 heterocycles. The van der Waals surface area contributed by atoms with Crippen LogP contribution in [0.1, 0.15) is 42.4 Å². The molecule has 0 fully saturated rings. The minimum absolute atomic E-state index is 0.0483. The summed E-state index contributed by atoms with van der Waals surface area (Å²) in [5.74, 6) is 5.65. The number of carbonyl (C=O) groups excluding carboxylic acids is 1. The van der Waals surface area contributed by atoms with E-state index in [1.54, 1.807) is 0 Å². The van der Waals surface area contributed by atoms with Gasteiger partial charge in [-0.15, -0.1) is 11.3 Å². The Bertz CT molecular complexity index is 466. The van der Waals surface area contributed by atoms with Crippen LogP contribution in [0.3, 0.4) is 0 Å². The summed E-state index contributed by atoms with van der Waals surface area (Å²) in [7, 11) is 0. The van der Waals surface area contributed by atoms with Crippen LogP contribution in [0, 0.1) is 17.3 Å². The molecule has 0 aliphatic rings. The van der Waals surface area contributed by atoms with Gasteiger partial charge in [0.05, 0.1) is 6.54 Å². The van der Waals surface area contributed by atoms with E-state index in [-0.39, 0.29) is 11.3 Å². The fourth-order valence-electron chi connectivity index (χ4n) is 1.25. The summed E-state index contributed by atoms with van der Waals surface area (Å²) in [6.45, 7) is 7.37.